The summed E-state index contributed by atoms with van der Waals surface area (Å²) < 4.78 is 12.1. The van der Waals surface area contributed by atoms with Gasteiger partial charge < -0.3 is 14.3 Å². The average molecular weight is 649 g/mol. The van der Waals surface area contributed by atoms with Crippen LogP contribution in [0.15, 0.2) is 66.8 Å². The fourth-order valence-electron chi connectivity index (χ4n) is 5.57. The van der Waals surface area contributed by atoms with Gasteiger partial charge in [0.25, 0.3) is 0 Å². The van der Waals surface area contributed by atoms with E-state index in [-0.39, 0.29) is 0 Å². The maximum absolute atomic E-state index is 11.2. The minimum absolute atomic E-state index is 0.392. The van der Waals surface area contributed by atoms with Gasteiger partial charge in [0.2, 0.25) is 0 Å². The smallest absolute Gasteiger partial charge is 0.124 e. The molecule has 266 valence electrons. The third-order valence-corrected chi connectivity index (χ3v) is 8.49. The molecule has 0 N–H and O–H groups in total. The molecule has 0 heterocycles. The molecule has 0 saturated carbocycles. The second kappa shape index (κ2) is 34.8. The Kier molecular flexibility index (Phi) is 31.4. The molecular weight excluding hydrogens is 576 g/mol. The van der Waals surface area contributed by atoms with Crippen molar-refractivity contribution in [2.45, 2.75) is 174 Å². The molecule has 1 aromatic carbocycles. The lowest BCUT2D eigenvalue weighted by atomic mass is 10.1. The highest BCUT2D eigenvalue weighted by atomic mass is 16.5. The predicted molar refractivity (Wildman–Crippen MR) is 206 cm³/mol. The number of hydrogen-bond acceptors (Lipinski definition) is 3. The molecule has 0 amide bonds. The highest BCUT2D eigenvalue weighted by molar-refractivity contribution is 5.56. The van der Waals surface area contributed by atoms with E-state index in [0.29, 0.717) is 19.6 Å². The lowest BCUT2D eigenvalue weighted by Crippen LogP contribution is -2.01. The van der Waals surface area contributed by atoms with Gasteiger partial charge in [-0.1, -0.05) is 140 Å². The monoisotopic (exact) mass is 649 g/mol. The van der Waals surface area contributed by atoms with Crippen LogP contribution in [0.5, 0.6) is 11.5 Å². The molecular formula is C44H72O3. The lowest BCUT2D eigenvalue weighted by Gasteiger charge is -2.12. The summed E-state index contributed by atoms with van der Waals surface area (Å²) in [6.45, 7) is 5.94. The van der Waals surface area contributed by atoms with Gasteiger partial charge >= 0.3 is 0 Å². The van der Waals surface area contributed by atoms with Gasteiger partial charge in [0.15, 0.2) is 0 Å². The van der Waals surface area contributed by atoms with Gasteiger partial charge in [0.1, 0.15) is 17.8 Å². The van der Waals surface area contributed by atoms with Crippen molar-refractivity contribution in [3.05, 3.63) is 72.4 Å². The number of carbonyl (C=O) groups is 1. The van der Waals surface area contributed by atoms with E-state index < -0.39 is 0 Å². The zero-order valence-electron chi connectivity index (χ0n) is 30.7. The highest BCUT2D eigenvalue weighted by Crippen LogP contribution is 2.24. The van der Waals surface area contributed by atoms with Crippen LogP contribution < -0.4 is 9.47 Å². The van der Waals surface area contributed by atoms with E-state index in [1.165, 1.54) is 128 Å². The maximum atomic E-state index is 11.2. The number of allylic oxidation sites excluding steroid dienone is 8. The van der Waals surface area contributed by atoms with Crippen LogP contribution in [0.1, 0.15) is 174 Å². The Labute approximate surface area is 291 Å². The number of ether oxygens (including phenoxy) is 2. The fraction of sp³-hybridized carbons (Fsp3) is 0.659. The molecule has 0 fully saturated rings. The SMILES string of the molecule is CCCCCC=CCC=CCCCCCCCCOc1cc(CC=O)cc(OCCCCCCCCC=CCC=CCCCCC)c1. The lowest BCUT2D eigenvalue weighted by molar-refractivity contribution is -0.107. The molecule has 1 rings (SSSR count). The predicted octanol–water partition coefficient (Wildman–Crippen LogP) is 13.8. The molecule has 3 heteroatoms. The minimum Gasteiger partial charge on any atom is -0.493 e. The van der Waals surface area contributed by atoms with Crippen LogP contribution in [-0.2, 0) is 11.2 Å². The normalized spacial score (nSPS) is 12.0. The Hall–Kier alpha value is -2.55. The second-order valence-corrected chi connectivity index (χ2v) is 13.0. The van der Waals surface area contributed by atoms with E-state index >= 15 is 0 Å². The molecule has 1 aromatic rings. The maximum Gasteiger partial charge on any atom is 0.124 e. The molecule has 0 saturated heterocycles. The van der Waals surface area contributed by atoms with Crippen LogP contribution in [0.3, 0.4) is 0 Å². The van der Waals surface area contributed by atoms with Crippen molar-refractivity contribution in [3.63, 3.8) is 0 Å². The van der Waals surface area contributed by atoms with E-state index in [9.17, 15) is 4.79 Å². The summed E-state index contributed by atoms with van der Waals surface area (Å²) in [7, 11) is 0. The molecule has 0 aliphatic rings. The van der Waals surface area contributed by atoms with Gasteiger partial charge in [0, 0.05) is 12.5 Å². The summed E-state index contributed by atoms with van der Waals surface area (Å²) in [5.74, 6) is 1.64. The first kappa shape index (κ1) is 42.5. The largest absolute Gasteiger partial charge is 0.493 e. The van der Waals surface area contributed by atoms with Gasteiger partial charge in [-0.3, -0.25) is 0 Å². The molecule has 0 radical (unpaired) electrons. The molecule has 0 atom stereocenters. The zero-order chi connectivity index (χ0) is 33.7. The first-order valence-corrected chi connectivity index (χ1v) is 19.7. The molecule has 0 unspecified atom stereocenters. The summed E-state index contributed by atoms with van der Waals surface area (Å²) in [5, 5.41) is 0. The molecule has 3 nitrogen and oxygen atoms in total. The van der Waals surface area contributed by atoms with Crippen molar-refractivity contribution in [1.82, 2.24) is 0 Å². The number of aldehydes is 1. The van der Waals surface area contributed by atoms with E-state index in [1.54, 1.807) is 0 Å². The van der Waals surface area contributed by atoms with Crippen molar-refractivity contribution in [2.24, 2.45) is 0 Å². The van der Waals surface area contributed by atoms with Crippen LogP contribution in [-0.4, -0.2) is 19.5 Å². The van der Waals surface area contributed by atoms with E-state index in [0.717, 1.165) is 49.0 Å². The Morgan fingerprint density at radius 2 is 0.809 bits per heavy atom. The van der Waals surface area contributed by atoms with Crippen LogP contribution in [0.2, 0.25) is 0 Å². The first-order chi connectivity index (χ1) is 23.3. The van der Waals surface area contributed by atoms with Crippen molar-refractivity contribution < 1.29 is 14.3 Å². The Morgan fingerprint density at radius 1 is 0.447 bits per heavy atom. The molecule has 0 aromatic heterocycles. The first-order valence-electron chi connectivity index (χ1n) is 19.7. The Balaban J connectivity index is 2.08. The number of benzene rings is 1. The number of hydrogen-bond donors (Lipinski definition) is 0. The summed E-state index contributed by atoms with van der Waals surface area (Å²) in [6.07, 6.45) is 49.7. The van der Waals surface area contributed by atoms with Gasteiger partial charge in [-0.2, -0.15) is 0 Å². The molecule has 0 aliphatic heterocycles. The number of unbranched alkanes of at least 4 members (excludes halogenated alkanes) is 18. The highest BCUT2D eigenvalue weighted by Gasteiger charge is 2.04. The summed E-state index contributed by atoms with van der Waals surface area (Å²) >= 11 is 0. The van der Waals surface area contributed by atoms with Crippen LogP contribution in [0.4, 0.5) is 0 Å². The van der Waals surface area contributed by atoms with Crippen molar-refractivity contribution in [2.75, 3.05) is 13.2 Å². The van der Waals surface area contributed by atoms with E-state index in [2.05, 4.69) is 62.5 Å². The quantitative estimate of drug-likeness (QED) is 0.0424. The van der Waals surface area contributed by atoms with Crippen molar-refractivity contribution in [1.29, 1.82) is 0 Å². The summed E-state index contributed by atoms with van der Waals surface area (Å²) in [6, 6.07) is 5.95. The number of carbonyl (C=O) groups excluding carboxylic acids is 1. The van der Waals surface area contributed by atoms with Crippen LogP contribution in [0, 0.1) is 0 Å². The van der Waals surface area contributed by atoms with E-state index in [1.807, 2.05) is 18.2 Å². The van der Waals surface area contributed by atoms with Crippen LogP contribution in [0.25, 0.3) is 0 Å². The summed E-state index contributed by atoms with van der Waals surface area (Å²) in [5.41, 5.74) is 0.960. The van der Waals surface area contributed by atoms with Gasteiger partial charge in [0.05, 0.1) is 13.2 Å². The van der Waals surface area contributed by atoms with Gasteiger partial charge in [-0.25, -0.2) is 0 Å². The van der Waals surface area contributed by atoms with Crippen molar-refractivity contribution in [3.8, 4) is 11.5 Å². The molecule has 0 bridgehead atoms. The molecule has 0 aliphatic carbocycles. The van der Waals surface area contributed by atoms with Crippen molar-refractivity contribution >= 4 is 6.29 Å². The van der Waals surface area contributed by atoms with Gasteiger partial charge in [-0.05, 0) is 94.7 Å². The average Bonchev–Trinajstić information content (AvgIpc) is 3.07. The Morgan fingerprint density at radius 3 is 1.19 bits per heavy atom. The zero-order valence-corrected chi connectivity index (χ0v) is 30.7. The third kappa shape index (κ3) is 29.3. The van der Waals surface area contributed by atoms with Crippen LogP contribution >= 0.6 is 0 Å². The standard InChI is InChI=1S/C44H72O3/c1-3-5-7-9-11-13-15-17-19-21-23-25-27-29-31-33-37-46-43-39-42(35-36-45)40-44(41-43)47-38-34-32-30-28-26-24-22-20-18-16-14-12-10-8-6-4-2/h11-14,17-20,36,39-41H,3-10,15-16,21-35,37-38H2,1-2H3. The van der Waals surface area contributed by atoms with Gasteiger partial charge in [-0.15, -0.1) is 0 Å². The molecule has 0 spiro atoms. The third-order valence-electron chi connectivity index (χ3n) is 8.49. The second-order valence-electron chi connectivity index (χ2n) is 13.0. The van der Waals surface area contributed by atoms with E-state index in [4.69, 9.17) is 9.47 Å². The summed E-state index contributed by atoms with van der Waals surface area (Å²) in [4.78, 5) is 11.2. The molecule has 47 heavy (non-hydrogen) atoms. The number of rotatable bonds is 34. The topological polar surface area (TPSA) is 35.5 Å². The minimum atomic E-state index is 0.392. The fourth-order valence-corrected chi connectivity index (χ4v) is 5.57. The Bertz CT molecular complexity index is 873.